The molecule has 2 saturated carbocycles. The smallest absolute Gasteiger partial charge is 0.330 e. The highest BCUT2D eigenvalue weighted by molar-refractivity contribution is 7.22. The van der Waals surface area contributed by atoms with Gasteiger partial charge in [-0.3, -0.25) is 10.1 Å². The third-order valence-corrected chi connectivity index (χ3v) is 15.5. The number of anilines is 1. The average molecular weight is 1130 g/mol. The van der Waals surface area contributed by atoms with Crippen molar-refractivity contribution in [2.45, 2.75) is 128 Å². The first kappa shape index (κ1) is 61.8. The lowest BCUT2D eigenvalue weighted by molar-refractivity contribution is -0.296. The van der Waals surface area contributed by atoms with Crippen LogP contribution in [0.15, 0.2) is 121 Å². The Balaban J connectivity index is 0.892. The molecule has 1 heterocycles. The van der Waals surface area contributed by atoms with Crippen LogP contribution in [0.25, 0.3) is 10.2 Å². The maximum Gasteiger partial charge on any atom is 0.330 e. The molecule has 0 spiro atoms. The van der Waals surface area contributed by atoms with Crippen LogP contribution in [0.3, 0.4) is 0 Å². The average Bonchev–Trinajstić information content (AvgIpc) is 4.00. The number of carbonyl (C=O) groups excluding carboxylic acids is 3. The third kappa shape index (κ3) is 20.9. The number of para-hydroxylation sites is 1. The van der Waals surface area contributed by atoms with Gasteiger partial charge in [-0.05, 0) is 200 Å². The van der Waals surface area contributed by atoms with Crippen LogP contribution in [0, 0.1) is 17.8 Å². The molecule has 1 unspecified atom stereocenters. The van der Waals surface area contributed by atoms with E-state index in [2.05, 4.69) is 13.2 Å². The van der Waals surface area contributed by atoms with Gasteiger partial charge in [-0.15, -0.1) is 0 Å². The van der Waals surface area contributed by atoms with Crippen molar-refractivity contribution in [3.63, 3.8) is 0 Å². The molecule has 4 aromatic carbocycles. The van der Waals surface area contributed by atoms with Crippen molar-refractivity contribution in [1.82, 2.24) is 4.98 Å². The van der Waals surface area contributed by atoms with Gasteiger partial charge >= 0.3 is 17.9 Å². The van der Waals surface area contributed by atoms with Gasteiger partial charge in [0.2, 0.25) is 5.13 Å². The van der Waals surface area contributed by atoms with E-state index in [9.17, 15) is 24.7 Å². The number of hydrazone groups is 1. The normalized spacial score (nSPS) is 17.5. The summed E-state index contributed by atoms with van der Waals surface area (Å²) in [6.45, 7) is 9.69. The zero-order chi connectivity index (χ0) is 56.9. The highest BCUT2D eigenvalue weighted by Gasteiger charge is 2.31. The van der Waals surface area contributed by atoms with E-state index in [1.807, 2.05) is 77.8 Å². The summed E-state index contributed by atoms with van der Waals surface area (Å²) >= 11 is 1.53. The molecule has 2 fully saturated rings. The predicted molar refractivity (Wildman–Crippen MR) is 311 cm³/mol. The summed E-state index contributed by atoms with van der Waals surface area (Å²) < 4.78 is 35.3. The van der Waals surface area contributed by atoms with Crippen molar-refractivity contribution >= 4 is 50.8 Å². The van der Waals surface area contributed by atoms with E-state index in [4.69, 9.17) is 53.2 Å². The molecule has 436 valence electrons. The van der Waals surface area contributed by atoms with E-state index in [-0.39, 0.29) is 36.4 Å². The van der Waals surface area contributed by atoms with Gasteiger partial charge in [0.15, 0.2) is 5.75 Å². The lowest BCUT2D eigenvalue weighted by Gasteiger charge is -2.32. The zero-order valence-corrected chi connectivity index (χ0v) is 47.2. The minimum atomic E-state index is -0.476. The third-order valence-electron chi connectivity index (χ3n) is 14.5. The summed E-state index contributed by atoms with van der Waals surface area (Å²) in [7, 11) is 0. The number of rotatable bonds is 36. The van der Waals surface area contributed by atoms with Crippen molar-refractivity contribution < 1.29 is 67.8 Å². The van der Waals surface area contributed by atoms with Crippen LogP contribution in [0.5, 0.6) is 28.7 Å². The molecule has 5 aromatic rings. The number of aliphatic hydroxyl groups is 1. The number of benzene rings is 4. The molecule has 2 N–H and O–H groups in total. The maximum absolute atomic E-state index is 13.7. The summed E-state index contributed by atoms with van der Waals surface area (Å²) in [6.07, 6.45) is 18.0. The van der Waals surface area contributed by atoms with E-state index in [1.165, 1.54) is 23.5 Å². The number of thiazole rings is 1. The number of hydrogen-bond donors (Lipinski definition) is 2. The van der Waals surface area contributed by atoms with Crippen LogP contribution in [-0.4, -0.2) is 91.8 Å². The number of ether oxygens (including phenoxy) is 6. The van der Waals surface area contributed by atoms with Gasteiger partial charge in [0, 0.05) is 30.9 Å². The van der Waals surface area contributed by atoms with Crippen LogP contribution in [-0.2, 0) is 33.6 Å². The monoisotopic (exact) mass is 1130 g/mol. The number of aromatic nitrogens is 1. The molecule has 2 aliphatic rings. The van der Waals surface area contributed by atoms with Gasteiger partial charge in [0.1, 0.15) is 29.1 Å². The number of esters is 3. The predicted octanol–water partition coefficient (Wildman–Crippen LogP) is 13.1. The lowest BCUT2D eigenvalue weighted by Crippen LogP contribution is -2.30. The maximum atomic E-state index is 13.7. The molecule has 18 heteroatoms. The van der Waals surface area contributed by atoms with Crippen LogP contribution in [0.4, 0.5) is 5.13 Å². The highest BCUT2D eigenvalue weighted by Crippen LogP contribution is 2.40. The van der Waals surface area contributed by atoms with E-state index in [0.717, 1.165) is 110 Å². The second-order valence-corrected chi connectivity index (χ2v) is 21.5. The molecule has 0 radical (unpaired) electrons. The van der Waals surface area contributed by atoms with Gasteiger partial charge in [-0.1, -0.05) is 48.8 Å². The van der Waals surface area contributed by atoms with Gasteiger partial charge < -0.3 is 38.4 Å². The zero-order valence-electron chi connectivity index (χ0n) is 46.4. The molecule has 1 aromatic heterocycles. The second-order valence-electron chi connectivity index (χ2n) is 20.5. The Bertz CT molecular complexity index is 2690. The Morgan fingerprint density at radius 2 is 1.30 bits per heavy atom. The number of nitrogens with zero attached hydrogens (tertiary/aromatic N) is 3. The highest BCUT2D eigenvalue weighted by atomic mass is 32.1. The van der Waals surface area contributed by atoms with E-state index in [0.29, 0.717) is 100 Å². The molecule has 17 nitrogen and oxygen atoms in total. The summed E-state index contributed by atoms with van der Waals surface area (Å²) in [5.41, 5.74) is 2.28. The number of unbranched alkanes of at least 4 members (excludes halogenated alkanes) is 7. The molecule has 81 heavy (non-hydrogen) atoms. The van der Waals surface area contributed by atoms with Crippen LogP contribution in [0.2, 0.25) is 0 Å². The first-order valence-electron chi connectivity index (χ1n) is 28.7. The van der Waals surface area contributed by atoms with E-state index >= 15 is 0 Å². The summed E-state index contributed by atoms with van der Waals surface area (Å²) in [5, 5.41) is 27.1. The topological polar surface area (TPSA) is 203 Å². The molecular formula is C63H79N3O14S. The molecule has 1 atom stereocenters. The minimum Gasteiger partial charge on any atom is -0.494 e. The first-order valence-corrected chi connectivity index (χ1v) is 29.5. The fourth-order valence-electron chi connectivity index (χ4n) is 9.85. The quantitative estimate of drug-likeness (QED) is 0.00728. The molecule has 0 aliphatic heterocycles. The standard InChI is InChI=1S/C63H79N3O14S/c1-3-59(68)74-41-15-7-5-13-39-72-51-27-23-48(24-28-51)61(79-71)47-21-19-46(20-22-47)45-76-80-57-36-35-55(43-50(57)44-64-66(37-11-12-38-67)63-65-56-17-9-10-18-58(56)81-63)78-62(70)49-25-29-53(30-26-49)77-54-33-31-52(32-34-54)73-40-14-6-8-16-42-75-60(69)4-2/h3-4,9-10,17-18,23-24,27-28,31-36,43-44,46-47,49,53,61,67,71H,1-2,5-8,11-16,19-22,25-26,29-30,37-42,45H2/b64-44+. The van der Waals surface area contributed by atoms with Crippen molar-refractivity contribution in [3.8, 4) is 28.7 Å². The summed E-state index contributed by atoms with van der Waals surface area (Å²) in [6, 6.07) is 28.4. The summed E-state index contributed by atoms with van der Waals surface area (Å²) in [5.74, 6) is 1.94. The number of aliphatic hydroxyl groups excluding tert-OH is 1. The Hall–Kier alpha value is -6.83. The molecule has 0 bridgehead atoms. The van der Waals surface area contributed by atoms with E-state index in [1.54, 1.807) is 24.4 Å². The molecule has 2 aliphatic carbocycles. The molecule has 7 rings (SSSR count). The van der Waals surface area contributed by atoms with Gasteiger partial charge in [-0.2, -0.15) is 9.99 Å². The van der Waals surface area contributed by atoms with Gasteiger partial charge in [0.25, 0.3) is 0 Å². The van der Waals surface area contributed by atoms with Gasteiger partial charge in [0.05, 0.1) is 61.5 Å². The van der Waals surface area contributed by atoms with Crippen LogP contribution >= 0.6 is 11.3 Å². The van der Waals surface area contributed by atoms with E-state index < -0.39 is 18.0 Å². The number of hydrogen-bond acceptors (Lipinski definition) is 18. The van der Waals surface area contributed by atoms with Crippen molar-refractivity contribution in [1.29, 1.82) is 0 Å². The lowest BCUT2D eigenvalue weighted by atomic mass is 9.78. The number of fused-ring (bicyclic) bond motifs is 1. The van der Waals surface area contributed by atoms with Gasteiger partial charge in [-0.25, -0.2) is 24.5 Å². The van der Waals surface area contributed by atoms with Crippen LogP contribution in [0.1, 0.15) is 133 Å². The fraction of sp³-hybridized carbons (Fsp3) is 0.476. The van der Waals surface area contributed by atoms with Crippen molar-refractivity contribution in [2.75, 3.05) is 51.2 Å². The fourth-order valence-corrected chi connectivity index (χ4v) is 10.8. The SMILES string of the molecule is C=CC(=O)OCCCCCCOc1ccc(OC2CCC(C(=O)Oc3ccc(OOCC4CCC(C(OO)c5ccc(OCCCCCCOC(=O)C=C)cc5)CC4)c(/C=N/N(CCCCO)c4nc5ccccc5s4)c3)CC2)cc1. The Morgan fingerprint density at radius 1 is 0.691 bits per heavy atom. The summed E-state index contributed by atoms with van der Waals surface area (Å²) in [4.78, 5) is 58.0. The Morgan fingerprint density at radius 3 is 1.91 bits per heavy atom. The van der Waals surface area contributed by atoms with Crippen LogP contribution < -0.4 is 28.8 Å². The Kier molecular flexibility index (Phi) is 26.3. The minimum absolute atomic E-state index is 0.0316. The van der Waals surface area contributed by atoms with Crippen molar-refractivity contribution in [2.24, 2.45) is 22.9 Å². The molecular weight excluding hydrogens is 1050 g/mol. The Labute approximate surface area is 479 Å². The second kappa shape index (κ2) is 34.5. The number of carbonyl (C=O) groups is 3. The first-order chi connectivity index (χ1) is 39.7. The molecule has 0 saturated heterocycles. The molecule has 0 amide bonds. The largest absolute Gasteiger partial charge is 0.494 e. The van der Waals surface area contributed by atoms with Crippen molar-refractivity contribution in [3.05, 3.63) is 127 Å².